The standard InChI is InChI=1S/C19H29N3O3/c1-21-10-2-5-17(21)19(24)22-11-8-15(9-12-22)6-7-18(23)20-14-16-4-3-13-25-16/h2,5,10,15-16H,3-4,6-9,11-14H2,1H3,(H,20,23)/t16-/m0/s1. The van der Waals surface area contributed by atoms with E-state index in [0.717, 1.165) is 57.5 Å². The van der Waals surface area contributed by atoms with Crippen molar-refractivity contribution in [1.29, 1.82) is 0 Å². The van der Waals surface area contributed by atoms with Crippen molar-refractivity contribution in [3.05, 3.63) is 24.0 Å². The van der Waals surface area contributed by atoms with Crippen LogP contribution < -0.4 is 5.32 Å². The lowest BCUT2D eigenvalue weighted by Gasteiger charge is -2.32. The van der Waals surface area contributed by atoms with Crippen LogP contribution in [0, 0.1) is 5.92 Å². The van der Waals surface area contributed by atoms with Crippen molar-refractivity contribution >= 4 is 11.8 Å². The van der Waals surface area contributed by atoms with E-state index in [4.69, 9.17) is 4.74 Å². The van der Waals surface area contributed by atoms with Gasteiger partial charge in [-0.05, 0) is 50.2 Å². The molecule has 25 heavy (non-hydrogen) atoms. The molecule has 0 saturated carbocycles. The van der Waals surface area contributed by atoms with E-state index in [0.29, 0.717) is 18.9 Å². The first kappa shape index (κ1) is 18.0. The number of aryl methyl sites for hydroxylation is 1. The van der Waals surface area contributed by atoms with Crippen molar-refractivity contribution in [3.8, 4) is 0 Å². The summed E-state index contributed by atoms with van der Waals surface area (Å²) in [6, 6.07) is 3.77. The van der Waals surface area contributed by atoms with Crippen molar-refractivity contribution in [3.63, 3.8) is 0 Å². The molecule has 6 heteroatoms. The largest absolute Gasteiger partial charge is 0.376 e. The normalized spacial score (nSPS) is 21.5. The third-order valence-electron chi connectivity index (χ3n) is 5.40. The lowest BCUT2D eigenvalue weighted by Crippen LogP contribution is -2.39. The molecule has 6 nitrogen and oxygen atoms in total. The summed E-state index contributed by atoms with van der Waals surface area (Å²) in [5.41, 5.74) is 0.743. The maximum Gasteiger partial charge on any atom is 0.270 e. The number of carbonyl (C=O) groups excluding carboxylic acids is 2. The van der Waals surface area contributed by atoms with Gasteiger partial charge in [0.15, 0.2) is 0 Å². The lowest BCUT2D eigenvalue weighted by atomic mass is 9.92. The van der Waals surface area contributed by atoms with Crippen LogP contribution >= 0.6 is 0 Å². The van der Waals surface area contributed by atoms with E-state index in [9.17, 15) is 9.59 Å². The highest BCUT2D eigenvalue weighted by atomic mass is 16.5. The molecule has 1 aromatic rings. The number of aromatic nitrogens is 1. The third kappa shape index (κ3) is 4.84. The Bertz CT molecular complexity index is 584. The summed E-state index contributed by atoms with van der Waals surface area (Å²) in [7, 11) is 1.90. The number of nitrogens with one attached hydrogen (secondary N) is 1. The van der Waals surface area contributed by atoms with Crippen molar-refractivity contribution in [1.82, 2.24) is 14.8 Å². The number of piperidine rings is 1. The molecular weight excluding hydrogens is 318 g/mol. The highest BCUT2D eigenvalue weighted by Crippen LogP contribution is 2.23. The lowest BCUT2D eigenvalue weighted by molar-refractivity contribution is -0.122. The van der Waals surface area contributed by atoms with E-state index in [1.807, 2.05) is 34.8 Å². The Balaban J connectivity index is 1.34. The molecule has 0 spiro atoms. The average Bonchev–Trinajstić information content (AvgIpc) is 3.29. The second-order valence-corrected chi connectivity index (χ2v) is 7.22. The number of likely N-dealkylation sites (tertiary alicyclic amines) is 1. The smallest absolute Gasteiger partial charge is 0.270 e. The summed E-state index contributed by atoms with van der Waals surface area (Å²) in [5, 5.41) is 2.98. The minimum atomic E-state index is 0.111. The van der Waals surface area contributed by atoms with Crippen LogP contribution in [0.5, 0.6) is 0 Å². The van der Waals surface area contributed by atoms with Gasteiger partial charge in [-0.2, -0.15) is 0 Å². The van der Waals surface area contributed by atoms with E-state index < -0.39 is 0 Å². The van der Waals surface area contributed by atoms with Gasteiger partial charge in [0.1, 0.15) is 5.69 Å². The highest BCUT2D eigenvalue weighted by molar-refractivity contribution is 5.92. The summed E-state index contributed by atoms with van der Waals surface area (Å²) >= 11 is 0. The topological polar surface area (TPSA) is 63.6 Å². The minimum Gasteiger partial charge on any atom is -0.376 e. The first-order valence-electron chi connectivity index (χ1n) is 9.42. The Morgan fingerprint density at radius 2 is 2.08 bits per heavy atom. The van der Waals surface area contributed by atoms with Crippen molar-refractivity contribution in [2.24, 2.45) is 13.0 Å². The quantitative estimate of drug-likeness (QED) is 0.855. The van der Waals surface area contributed by atoms with Gasteiger partial charge in [-0.3, -0.25) is 9.59 Å². The van der Waals surface area contributed by atoms with Gasteiger partial charge in [0.25, 0.3) is 5.91 Å². The Morgan fingerprint density at radius 1 is 1.28 bits per heavy atom. The molecule has 2 aliphatic heterocycles. The monoisotopic (exact) mass is 347 g/mol. The number of hydrogen-bond acceptors (Lipinski definition) is 3. The highest BCUT2D eigenvalue weighted by Gasteiger charge is 2.25. The summed E-state index contributed by atoms with van der Waals surface area (Å²) in [6.45, 7) is 3.03. The molecule has 138 valence electrons. The zero-order chi connectivity index (χ0) is 17.6. The third-order valence-corrected chi connectivity index (χ3v) is 5.40. The van der Waals surface area contributed by atoms with Gasteiger partial charge in [0.05, 0.1) is 6.10 Å². The fourth-order valence-electron chi connectivity index (χ4n) is 3.73. The van der Waals surface area contributed by atoms with Crippen LogP contribution in [0.2, 0.25) is 0 Å². The van der Waals surface area contributed by atoms with Crippen LogP contribution in [0.3, 0.4) is 0 Å². The number of ether oxygens (including phenoxy) is 1. The van der Waals surface area contributed by atoms with E-state index in [1.54, 1.807) is 0 Å². The molecule has 2 aliphatic rings. The summed E-state index contributed by atoms with van der Waals surface area (Å²) in [5.74, 6) is 0.768. The molecule has 2 fully saturated rings. The zero-order valence-corrected chi connectivity index (χ0v) is 15.1. The fraction of sp³-hybridized carbons (Fsp3) is 0.684. The Hall–Kier alpha value is -1.82. The molecule has 0 radical (unpaired) electrons. The second kappa shape index (κ2) is 8.52. The molecule has 2 saturated heterocycles. The molecule has 3 rings (SSSR count). The van der Waals surface area contributed by atoms with Gasteiger partial charge in [-0.1, -0.05) is 0 Å². The number of hydrogen-bond donors (Lipinski definition) is 1. The van der Waals surface area contributed by atoms with Gasteiger partial charge in [-0.15, -0.1) is 0 Å². The number of rotatable bonds is 6. The van der Waals surface area contributed by atoms with E-state index in [2.05, 4.69) is 5.32 Å². The van der Waals surface area contributed by atoms with Gasteiger partial charge in [0, 0.05) is 45.9 Å². The Morgan fingerprint density at radius 3 is 2.72 bits per heavy atom. The van der Waals surface area contributed by atoms with Gasteiger partial charge in [-0.25, -0.2) is 0 Å². The van der Waals surface area contributed by atoms with E-state index >= 15 is 0 Å². The maximum atomic E-state index is 12.5. The van der Waals surface area contributed by atoms with E-state index in [-0.39, 0.29) is 17.9 Å². The number of amides is 2. The second-order valence-electron chi connectivity index (χ2n) is 7.22. The maximum absolute atomic E-state index is 12.5. The minimum absolute atomic E-state index is 0.111. The van der Waals surface area contributed by atoms with Crippen LogP contribution in [0.15, 0.2) is 18.3 Å². The van der Waals surface area contributed by atoms with Crippen LogP contribution in [0.1, 0.15) is 49.0 Å². The zero-order valence-electron chi connectivity index (χ0n) is 15.1. The van der Waals surface area contributed by atoms with Gasteiger partial charge in [0.2, 0.25) is 5.91 Å². The van der Waals surface area contributed by atoms with Crippen molar-refractivity contribution < 1.29 is 14.3 Å². The van der Waals surface area contributed by atoms with Crippen LogP contribution in [0.25, 0.3) is 0 Å². The number of carbonyl (C=O) groups is 2. The van der Waals surface area contributed by atoms with Gasteiger partial charge >= 0.3 is 0 Å². The molecule has 1 atom stereocenters. The molecule has 2 amide bonds. The molecule has 0 bridgehead atoms. The van der Waals surface area contributed by atoms with Crippen molar-refractivity contribution in [2.75, 3.05) is 26.2 Å². The van der Waals surface area contributed by atoms with Crippen molar-refractivity contribution in [2.45, 2.75) is 44.6 Å². The summed E-state index contributed by atoms with van der Waals surface area (Å²) in [6.07, 6.45) is 7.69. The Kier molecular flexibility index (Phi) is 6.13. The Labute approximate surface area is 149 Å². The SMILES string of the molecule is Cn1cccc1C(=O)N1CCC(CCC(=O)NC[C@@H]2CCCO2)CC1. The fourth-order valence-corrected chi connectivity index (χ4v) is 3.73. The first-order valence-corrected chi connectivity index (χ1v) is 9.42. The van der Waals surface area contributed by atoms with E-state index in [1.165, 1.54) is 0 Å². The molecule has 0 aromatic carbocycles. The predicted octanol–water partition coefficient (Wildman–Crippen LogP) is 1.95. The van der Waals surface area contributed by atoms with Crippen LogP contribution in [-0.2, 0) is 16.6 Å². The average molecular weight is 347 g/mol. The summed E-state index contributed by atoms with van der Waals surface area (Å²) in [4.78, 5) is 26.4. The molecular formula is C19H29N3O3. The number of nitrogens with zero attached hydrogens (tertiary/aromatic N) is 2. The van der Waals surface area contributed by atoms with Crippen LogP contribution in [-0.4, -0.2) is 53.6 Å². The summed E-state index contributed by atoms with van der Waals surface area (Å²) < 4.78 is 7.39. The molecule has 3 heterocycles. The van der Waals surface area contributed by atoms with Gasteiger partial charge < -0.3 is 19.5 Å². The molecule has 0 unspecified atom stereocenters. The molecule has 0 aliphatic carbocycles. The molecule has 1 aromatic heterocycles. The molecule has 1 N–H and O–H groups in total. The first-order chi connectivity index (χ1) is 12.1. The van der Waals surface area contributed by atoms with Crippen LogP contribution in [0.4, 0.5) is 0 Å². The predicted molar refractivity (Wildman–Crippen MR) is 95.3 cm³/mol.